The van der Waals surface area contributed by atoms with E-state index in [4.69, 9.17) is 0 Å². The largest absolute Gasteiger partial charge is 0.352 e. The van der Waals surface area contributed by atoms with Crippen LogP contribution < -0.4 is 9.80 Å². The number of hydrogen-bond acceptors (Lipinski definition) is 8. The van der Waals surface area contributed by atoms with Gasteiger partial charge in [0.2, 0.25) is 0 Å². The Morgan fingerprint density at radius 1 is 0.750 bits per heavy atom. The average Bonchev–Trinajstić information content (AvgIpc) is 3.33. The summed E-state index contributed by atoms with van der Waals surface area (Å²) in [5.41, 5.74) is 2.77. The third-order valence-corrected chi connectivity index (χ3v) is 4.94. The van der Waals surface area contributed by atoms with Crippen molar-refractivity contribution in [2.45, 2.75) is 13.8 Å². The predicted octanol–water partition coefficient (Wildman–Crippen LogP) is 1.04. The summed E-state index contributed by atoms with van der Waals surface area (Å²) in [4.78, 5) is 4.50. The van der Waals surface area contributed by atoms with Crippen molar-refractivity contribution < 1.29 is 0 Å². The molecule has 0 spiro atoms. The Morgan fingerprint density at radius 3 is 2.11 bits per heavy atom. The fraction of sp³-hybridized carbons (Fsp3) is 0.333. The summed E-state index contributed by atoms with van der Waals surface area (Å²) in [6.07, 6.45) is 1.62. The van der Waals surface area contributed by atoms with Crippen LogP contribution in [0.2, 0.25) is 0 Å². The highest BCUT2D eigenvalue weighted by Gasteiger charge is 2.20. The molecule has 0 unspecified atom stereocenters. The number of aromatic nitrogens is 8. The molecule has 0 saturated carbocycles. The number of piperazine rings is 1. The van der Waals surface area contributed by atoms with Gasteiger partial charge in [-0.3, -0.25) is 0 Å². The van der Waals surface area contributed by atoms with Crippen LogP contribution in [0.5, 0.6) is 0 Å². The summed E-state index contributed by atoms with van der Waals surface area (Å²) in [5.74, 6) is 2.55. The Bertz CT molecular complexity index is 1110. The van der Waals surface area contributed by atoms with Gasteiger partial charge in [0.05, 0.1) is 5.69 Å². The number of nitrogens with zero attached hydrogens (tertiary/aromatic N) is 10. The lowest BCUT2D eigenvalue weighted by Gasteiger charge is -2.35. The fourth-order valence-corrected chi connectivity index (χ4v) is 3.51. The van der Waals surface area contributed by atoms with Crippen LogP contribution in [-0.4, -0.2) is 66.0 Å². The van der Waals surface area contributed by atoms with Gasteiger partial charge in [0.15, 0.2) is 17.3 Å². The molecule has 0 aliphatic carbocycles. The first-order valence-corrected chi connectivity index (χ1v) is 9.22. The van der Waals surface area contributed by atoms with Crippen molar-refractivity contribution in [2.24, 2.45) is 0 Å². The van der Waals surface area contributed by atoms with E-state index >= 15 is 0 Å². The monoisotopic (exact) mass is 376 g/mol. The molecule has 0 amide bonds. The second kappa shape index (κ2) is 6.55. The minimum Gasteiger partial charge on any atom is -0.352 e. The fourth-order valence-electron chi connectivity index (χ4n) is 3.51. The molecule has 0 aromatic carbocycles. The second-order valence-corrected chi connectivity index (χ2v) is 6.89. The van der Waals surface area contributed by atoms with Gasteiger partial charge in [-0.05, 0) is 44.2 Å². The van der Waals surface area contributed by atoms with Crippen LogP contribution in [0.4, 0.5) is 11.6 Å². The van der Waals surface area contributed by atoms with Crippen molar-refractivity contribution in [3.8, 4) is 5.82 Å². The van der Waals surface area contributed by atoms with Crippen molar-refractivity contribution >= 4 is 17.3 Å². The van der Waals surface area contributed by atoms with Crippen molar-refractivity contribution in [1.82, 2.24) is 39.8 Å². The summed E-state index contributed by atoms with van der Waals surface area (Å²) in [7, 11) is 0. The SMILES string of the molecule is Cc1cc(C)n(-c2ccc(N3CCN(c4ccc5nncn5n4)CC3)nn2)n1. The number of aryl methyl sites for hydroxylation is 2. The van der Waals surface area contributed by atoms with Crippen LogP contribution in [-0.2, 0) is 0 Å². The molecule has 0 radical (unpaired) electrons. The molecule has 1 fully saturated rings. The zero-order valence-corrected chi connectivity index (χ0v) is 15.8. The van der Waals surface area contributed by atoms with Crippen molar-refractivity contribution in [3.63, 3.8) is 0 Å². The molecule has 0 bridgehead atoms. The zero-order chi connectivity index (χ0) is 19.1. The highest BCUT2D eigenvalue weighted by Crippen LogP contribution is 2.18. The van der Waals surface area contributed by atoms with Crippen LogP contribution in [0.3, 0.4) is 0 Å². The summed E-state index contributed by atoms with van der Waals surface area (Å²) < 4.78 is 3.52. The normalized spacial score (nSPS) is 14.8. The van der Waals surface area contributed by atoms with Gasteiger partial charge in [-0.25, -0.2) is 4.68 Å². The Hall–Kier alpha value is -3.56. The third kappa shape index (κ3) is 2.92. The van der Waals surface area contributed by atoms with E-state index in [0.29, 0.717) is 0 Å². The van der Waals surface area contributed by atoms with Crippen LogP contribution in [0, 0.1) is 13.8 Å². The van der Waals surface area contributed by atoms with Gasteiger partial charge >= 0.3 is 0 Å². The van der Waals surface area contributed by atoms with Gasteiger partial charge in [-0.15, -0.1) is 25.5 Å². The van der Waals surface area contributed by atoms with E-state index in [-0.39, 0.29) is 0 Å². The lowest BCUT2D eigenvalue weighted by molar-refractivity contribution is 0.631. The molecule has 5 rings (SSSR count). The summed E-state index contributed by atoms with van der Waals surface area (Å²) in [6, 6.07) is 9.93. The lowest BCUT2D eigenvalue weighted by Crippen LogP contribution is -2.47. The van der Waals surface area contributed by atoms with Crippen LogP contribution in [0.25, 0.3) is 11.5 Å². The quantitative estimate of drug-likeness (QED) is 0.524. The van der Waals surface area contributed by atoms with Gasteiger partial charge in [-0.1, -0.05) is 0 Å². The van der Waals surface area contributed by atoms with E-state index in [1.807, 2.05) is 48.9 Å². The molecule has 10 nitrogen and oxygen atoms in total. The van der Waals surface area contributed by atoms with Crippen LogP contribution in [0.1, 0.15) is 11.4 Å². The van der Waals surface area contributed by atoms with E-state index in [2.05, 4.69) is 40.4 Å². The molecule has 28 heavy (non-hydrogen) atoms. The second-order valence-electron chi connectivity index (χ2n) is 6.89. The molecule has 4 aromatic heterocycles. The Labute approximate surface area is 161 Å². The molecular weight excluding hydrogens is 356 g/mol. The van der Waals surface area contributed by atoms with Gasteiger partial charge in [0.25, 0.3) is 0 Å². The number of fused-ring (bicyclic) bond motifs is 1. The van der Waals surface area contributed by atoms with E-state index in [9.17, 15) is 0 Å². The summed E-state index contributed by atoms with van der Waals surface area (Å²) >= 11 is 0. The van der Waals surface area contributed by atoms with Gasteiger partial charge < -0.3 is 9.80 Å². The van der Waals surface area contributed by atoms with Crippen LogP contribution in [0.15, 0.2) is 36.7 Å². The Kier molecular flexibility index (Phi) is 3.89. The zero-order valence-electron chi connectivity index (χ0n) is 15.8. The third-order valence-electron chi connectivity index (χ3n) is 4.94. The molecule has 142 valence electrons. The summed E-state index contributed by atoms with van der Waals surface area (Å²) in [5, 5.41) is 25.7. The Balaban J connectivity index is 1.28. The first-order chi connectivity index (χ1) is 13.7. The molecule has 5 heterocycles. The first kappa shape index (κ1) is 16.6. The number of rotatable bonds is 3. The van der Waals surface area contributed by atoms with Gasteiger partial charge in [-0.2, -0.15) is 9.61 Å². The maximum absolute atomic E-state index is 4.57. The smallest absolute Gasteiger partial charge is 0.177 e. The molecule has 0 N–H and O–H groups in total. The highest BCUT2D eigenvalue weighted by molar-refractivity contribution is 5.48. The predicted molar refractivity (Wildman–Crippen MR) is 104 cm³/mol. The van der Waals surface area contributed by atoms with E-state index in [1.54, 1.807) is 10.8 Å². The highest BCUT2D eigenvalue weighted by atomic mass is 15.4. The average molecular weight is 376 g/mol. The first-order valence-electron chi connectivity index (χ1n) is 9.22. The van der Waals surface area contributed by atoms with E-state index in [1.165, 1.54) is 0 Å². The number of anilines is 2. The van der Waals surface area contributed by atoms with Crippen molar-refractivity contribution in [2.75, 3.05) is 36.0 Å². The lowest BCUT2D eigenvalue weighted by atomic mass is 10.3. The van der Waals surface area contributed by atoms with Crippen molar-refractivity contribution in [3.05, 3.63) is 48.0 Å². The topological polar surface area (TPSA) is 93.2 Å². The summed E-state index contributed by atoms with van der Waals surface area (Å²) in [6.45, 7) is 7.43. The molecule has 1 aliphatic heterocycles. The molecule has 1 aliphatic rings. The van der Waals surface area contributed by atoms with Gasteiger partial charge in [0, 0.05) is 31.9 Å². The maximum Gasteiger partial charge on any atom is 0.177 e. The van der Waals surface area contributed by atoms with Crippen LogP contribution >= 0.6 is 0 Å². The standard InChI is InChI=1S/C18H20N10/c1-13-11-14(2)28(23-13)17-5-3-15(21-22-17)25-7-9-26(10-8-25)18-6-4-16-20-19-12-27(16)24-18/h3-6,11-12H,7-10H2,1-2H3. The van der Waals surface area contributed by atoms with Gasteiger partial charge in [0.1, 0.15) is 12.1 Å². The van der Waals surface area contributed by atoms with E-state index < -0.39 is 0 Å². The number of hydrogen-bond donors (Lipinski definition) is 0. The van der Waals surface area contributed by atoms with Crippen molar-refractivity contribution in [1.29, 1.82) is 0 Å². The maximum atomic E-state index is 4.57. The minimum absolute atomic E-state index is 0.736. The molecule has 10 heteroatoms. The molecule has 0 atom stereocenters. The minimum atomic E-state index is 0.736. The molecular formula is C18H20N10. The molecule has 1 saturated heterocycles. The van der Waals surface area contributed by atoms with E-state index in [0.717, 1.165) is 60.7 Å². The molecule has 4 aromatic rings. The Morgan fingerprint density at radius 2 is 1.43 bits per heavy atom.